The fourth-order valence-corrected chi connectivity index (χ4v) is 5.54. The highest BCUT2D eigenvalue weighted by molar-refractivity contribution is 7.22. The number of amides is 2. The lowest BCUT2D eigenvalue weighted by Crippen LogP contribution is -2.19. The standard InChI is InChI=1S/C28H30N4O2S/c33-26(10-5-15-29-18-19-11-12-20-6-1-4-9-22(20)16-19)30-23-13-14-24-25(17-23)35-28(31-24)32-27(34)21-7-2-3-8-21/h1,4,6,9,11-14,16-17,21,29H,2-3,5,7-8,10,15,18H2,(H,30,33)(H,31,32,34). The second-order valence-corrected chi connectivity index (χ2v) is 10.2. The summed E-state index contributed by atoms with van der Waals surface area (Å²) in [5.41, 5.74) is 2.82. The summed E-state index contributed by atoms with van der Waals surface area (Å²) in [5, 5.41) is 12.5. The molecule has 0 radical (unpaired) electrons. The van der Waals surface area contributed by atoms with Gasteiger partial charge in [0.05, 0.1) is 10.2 Å². The van der Waals surface area contributed by atoms with Crippen LogP contribution in [0.5, 0.6) is 0 Å². The zero-order valence-corrected chi connectivity index (χ0v) is 20.5. The number of aromatic nitrogens is 1. The Balaban J connectivity index is 1.06. The second-order valence-electron chi connectivity index (χ2n) is 9.18. The molecule has 4 aromatic rings. The first-order valence-electron chi connectivity index (χ1n) is 12.3. The summed E-state index contributed by atoms with van der Waals surface area (Å²) in [6.07, 6.45) is 5.40. The van der Waals surface area contributed by atoms with Crippen molar-refractivity contribution in [1.29, 1.82) is 0 Å². The number of hydrogen-bond acceptors (Lipinski definition) is 5. The van der Waals surface area contributed by atoms with Crippen LogP contribution in [0.3, 0.4) is 0 Å². The molecular formula is C28H30N4O2S. The van der Waals surface area contributed by atoms with Gasteiger partial charge in [0.2, 0.25) is 11.8 Å². The number of anilines is 2. The third kappa shape index (κ3) is 6.05. The van der Waals surface area contributed by atoms with Crippen LogP contribution in [0.2, 0.25) is 0 Å². The number of carbonyl (C=O) groups excluding carboxylic acids is 2. The van der Waals surface area contributed by atoms with E-state index in [1.807, 2.05) is 18.2 Å². The topological polar surface area (TPSA) is 83.1 Å². The van der Waals surface area contributed by atoms with Crippen LogP contribution in [0.1, 0.15) is 44.1 Å². The molecular weight excluding hydrogens is 456 g/mol. The van der Waals surface area contributed by atoms with Gasteiger partial charge in [-0.25, -0.2) is 4.98 Å². The molecule has 0 atom stereocenters. The van der Waals surface area contributed by atoms with Gasteiger partial charge in [-0.1, -0.05) is 60.6 Å². The zero-order valence-electron chi connectivity index (χ0n) is 19.7. The van der Waals surface area contributed by atoms with Crippen molar-refractivity contribution in [3.8, 4) is 0 Å². The van der Waals surface area contributed by atoms with Crippen molar-refractivity contribution < 1.29 is 9.59 Å². The molecule has 1 fully saturated rings. The Morgan fingerprint density at radius 1 is 0.943 bits per heavy atom. The molecule has 0 spiro atoms. The summed E-state index contributed by atoms with van der Waals surface area (Å²) in [5.74, 6) is 0.180. The fraction of sp³-hybridized carbons (Fsp3) is 0.321. The Hall–Kier alpha value is -3.29. The van der Waals surface area contributed by atoms with E-state index in [-0.39, 0.29) is 17.7 Å². The SMILES string of the molecule is O=C(CCCNCc1ccc2ccccc2c1)Nc1ccc2nc(NC(=O)C3CCCC3)sc2c1. The summed E-state index contributed by atoms with van der Waals surface area (Å²) in [7, 11) is 0. The van der Waals surface area contributed by atoms with Gasteiger partial charge in [0.25, 0.3) is 0 Å². The van der Waals surface area contributed by atoms with Crippen LogP contribution in [0.4, 0.5) is 10.8 Å². The van der Waals surface area contributed by atoms with Crippen molar-refractivity contribution in [3.63, 3.8) is 0 Å². The minimum absolute atomic E-state index is 0.00358. The third-order valence-corrected chi connectivity index (χ3v) is 7.46. The van der Waals surface area contributed by atoms with Gasteiger partial charge in [-0.05, 0) is 66.4 Å². The zero-order chi connectivity index (χ0) is 24.0. The molecule has 1 aromatic heterocycles. The van der Waals surface area contributed by atoms with Crippen molar-refractivity contribution in [2.75, 3.05) is 17.2 Å². The first kappa shape index (κ1) is 23.5. The number of carbonyl (C=O) groups is 2. The summed E-state index contributed by atoms with van der Waals surface area (Å²) in [6.45, 7) is 1.56. The molecule has 0 unspecified atom stereocenters. The van der Waals surface area contributed by atoms with Crippen LogP contribution < -0.4 is 16.0 Å². The Kier molecular flexibility index (Phi) is 7.35. The minimum Gasteiger partial charge on any atom is -0.326 e. The predicted octanol–water partition coefficient (Wildman–Crippen LogP) is 6.09. The monoisotopic (exact) mass is 486 g/mol. The maximum absolute atomic E-state index is 12.4. The van der Waals surface area contributed by atoms with Gasteiger partial charge in [-0.15, -0.1) is 0 Å². The van der Waals surface area contributed by atoms with E-state index in [2.05, 4.69) is 63.4 Å². The molecule has 3 aromatic carbocycles. The fourth-order valence-electron chi connectivity index (χ4n) is 4.63. The highest BCUT2D eigenvalue weighted by Crippen LogP contribution is 2.31. The maximum atomic E-state index is 12.4. The number of hydrogen-bond donors (Lipinski definition) is 3. The molecule has 1 aliphatic carbocycles. The van der Waals surface area contributed by atoms with E-state index in [1.54, 1.807) is 0 Å². The van der Waals surface area contributed by atoms with E-state index < -0.39 is 0 Å². The van der Waals surface area contributed by atoms with Crippen molar-refractivity contribution in [3.05, 3.63) is 66.2 Å². The quantitative estimate of drug-likeness (QED) is 0.250. The molecule has 1 heterocycles. The molecule has 0 bridgehead atoms. The van der Waals surface area contributed by atoms with Crippen LogP contribution in [-0.2, 0) is 16.1 Å². The lowest BCUT2D eigenvalue weighted by atomic mass is 10.1. The van der Waals surface area contributed by atoms with Crippen molar-refractivity contribution in [2.45, 2.75) is 45.1 Å². The molecule has 1 saturated carbocycles. The lowest BCUT2D eigenvalue weighted by molar-refractivity contribution is -0.119. The molecule has 5 rings (SSSR count). The summed E-state index contributed by atoms with van der Waals surface area (Å²) in [4.78, 5) is 29.3. The van der Waals surface area contributed by atoms with Crippen molar-refractivity contribution >= 4 is 55.0 Å². The Bertz CT molecular complexity index is 1340. The van der Waals surface area contributed by atoms with E-state index in [4.69, 9.17) is 0 Å². The molecule has 3 N–H and O–H groups in total. The third-order valence-electron chi connectivity index (χ3n) is 6.53. The van der Waals surface area contributed by atoms with Crippen molar-refractivity contribution in [2.24, 2.45) is 5.92 Å². The van der Waals surface area contributed by atoms with Crippen LogP contribution in [0, 0.1) is 5.92 Å². The summed E-state index contributed by atoms with van der Waals surface area (Å²) >= 11 is 1.44. The van der Waals surface area contributed by atoms with Gasteiger partial charge < -0.3 is 16.0 Å². The second kappa shape index (κ2) is 11.0. The van der Waals surface area contributed by atoms with Crippen LogP contribution in [-0.4, -0.2) is 23.3 Å². The normalized spacial score (nSPS) is 13.9. The van der Waals surface area contributed by atoms with E-state index in [0.717, 1.165) is 61.1 Å². The largest absolute Gasteiger partial charge is 0.326 e. The van der Waals surface area contributed by atoms with Gasteiger partial charge in [-0.3, -0.25) is 9.59 Å². The Labute approximate surface area is 209 Å². The smallest absolute Gasteiger partial charge is 0.229 e. The maximum Gasteiger partial charge on any atom is 0.229 e. The number of rotatable bonds is 9. The Morgan fingerprint density at radius 3 is 2.63 bits per heavy atom. The van der Waals surface area contributed by atoms with E-state index in [9.17, 15) is 9.59 Å². The number of benzene rings is 3. The average molecular weight is 487 g/mol. The van der Waals surface area contributed by atoms with Gasteiger partial charge in [-0.2, -0.15) is 0 Å². The van der Waals surface area contributed by atoms with Gasteiger partial charge in [0.15, 0.2) is 5.13 Å². The highest BCUT2D eigenvalue weighted by Gasteiger charge is 2.23. The number of thiazole rings is 1. The summed E-state index contributed by atoms with van der Waals surface area (Å²) < 4.78 is 0.946. The molecule has 1 aliphatic rings. The van der Waals surface area contributed by atoms with Crippen LogP contribution in [0.15, 0.2) is 60.7 Å². The number of nitrogens with zero attached hydrogens (tertiary/aromatic N) is 1. The lowest BCUT2D eigenvalue weighted by Gasteiger charge is -2.07. The van der Waals surface area contributed by atoms with Gasteiger partial charge >= 0.3 is 0 Å². The highest BCUT2D eigenvalue weighted by atomic mass is 32.1. The predicted molar refractivity (Wildman–Crippen MR) is 144 cm³/mol. The molecule has 0 aliphatic heterocycles. The number of fused-ring (bicyclic) bond motifs is 2. The van der Waals surface area contributed by atoms with E-state index in [1.165, 1.54) is 27.7 Å². The van der Waals surface area contributed by atoms with Gasteiger partial charge in [0.1, 0.15) is 0 Å². The van der Waals surface area contributed by atoms with E-state index in [0.29, 0.717) is 11.6 Å². The summed E-state index contributed by atoms with van der Waals surface area (Å²) in [6, 6.07) is 20.5. The van der Waals surface area contributed by atoms with E-state index >= 15 is 0 Å². The number of nitrogens with one attached hydrogen (secondary N) is 3. The molecule has 2 amide bonds. The minimum atomic E-state index is -0.00358. The van der Waals surface area contributed by atoms with Crippen LogP contribution in [0.25, 0.3) is 21.0 Å². The molecule has 7 heteroatoms. The average Bonchev–Trinajstić information content (AvgIpc) is 3.53. The van der Waals surface area contributed by atoms with Gasteiger partial charge in [0, 0.05) is 24.6 Å². The van der Waals surface area contributed by atoms with Crippen molar-refractivity contribution in [1.82, 2.24) is 10.3 Å². The van der Waals surface area contributed by atoms with Crippen LogP contribution >= 0.6 is 11.3 Å². The molecule has 180 valence electrons. The molecule has 0 saturated heterocycles. The first-order chi connectivity index (χ1) is 17.1. The molecule has 6 nitrogen and oxygen atoms in total. The molecule has 35 heavy (non-hydrogen) atoms. The Morgan fingerprint density at radius 2 is 1.77 bits per heavy atom. The first-order valence-corrected chi connectivity index (χ1v) is 13.2.